The maximum absolute atomic E-state index is 11.5. The highest BCUT2D eigenvalue weighted by Gasteiger charge is 2.29. The molecule has 1 fully saturated rings. The van der Waals surface area contributed by atoms with Crippen LogP contribution in [-0.4, -0.2) is 21.9 Å². The molecular formula is C14H18N4OS. The van der Waals surface area contributed by atoms with Crippen LogP contribution in [0.25, 0.3) is 10.3 Å². The fraction of sp³-hybridized carbons (Fsp3) is 0.500. The molecule has 0 spiro atoms. The van der Waals surface area contributed by atoms with Crippen molar-refractivity contribution in [3.63, 3.8) is 0 Å². The Morgan fingerprint density at radius 2 is 2.15 bits per heavy atom. The number of rotatable bonds is 3. The number of thiazole rings is 1. The van der Waals surface area contributed by atoms with Gasteiger partial charge in [-0.25, -0.2) is 9.97 Å². The number of carbonyl (C=O) groups is 1. The van der Waals surface area contributed by atoms with E-state index in [1.807, 2.05) is 19.1 Å². The molecule has 1 aliphatic carbocycles. The van der Waals surface area contributed by atoms with Crippen molar-refractivity contribution < 1.29 is 4.79 Å². The van der Waals surface area contributed by atoms with Crippen LogP contribution in [0, 0.1) is 12.8 Å². The minimum absolute atomic E-state index is 0.0922. The predicted molar refractivity (Wildman–Crippen MR) is 80.7 cm³/mol. The van der Waals surface area contributed by atoms with Crippen LogP contribution in [0.1, 0.15) is 31.4 Å². The van der Waals surface area contributed by atoms with Gasteiger partial charge in [0, 0.05) is 11.7 Å². The number of anilines is 1. The van der Waals surface area contributed by atoms with Gasteiger partial charge in [-0.2, -0.15) is 0 Å². The molecule has 0 aromatic carbocycles. The third-order valence-corrected chi connectivity index (χ3v) is 4.73. The zero-order valence-electron chi connectivity index (χ0n) is 11.4. The van der Waals surface area contributed by atoms with Gasteiger partial charge in [0.1, 0.15) is 10.3 Å². The van der Waals surface area contributed by atoms with Crippen LogP contribution in [-0.2, 0) is 4.79 Å². The number of nitrogens with two attached hydrogens (primary N) is 1. The predicted octanol–water partition coefficient (Wildman–Crippen LogP) is 2.46. The molecule has 2 atom stereocenters. The van der Waals surface area contributed by atoms with Crippen molar-refractivity contribution in [2.75, 3.05) is 5.32 Å². The van der Waals surface area contributed by atoms with Gasteiger partial charge in [-0.1, -0.05) is 24.2 Å². The quantitative estimate of drug-likeness (QED) is 0.910. The number of aromatic nitrogens is 2. The first kappa shape index (κ1) is 13.3. The van der Waals surface area contributed by atoms with Crippen molar-refractivity contribution in [2.45, 2.75) is 38.6 Å². The van der Waals surface area contributed by atoms with Crippen LogP contribution in [0.3, 0.4) is 0 Å². The second-order valence-corrected chi connectivity index (χ2v) is 6.32. The summed E-state index contributed by atoms with van der Waals surface area (Å²) >= 11 is 1.53. The normalized spacial score (nSPS) is 22.9. The smallest absolute Gasteiger partial charge is 0.222 e. The number of amides is 1. The number of fused-ring (bicyclic) bond motifs is 1. The van der Waals surface area contributed by atoms with Gasteiger partial charge < -0.3 is 11.1 Å². The van der Waals surface area contributed by atoms with E-state index in [1.54, 1.807) is 0 Å². The number of aryl methyl sites for hydroxylation is 1. The largest absolute Gasteiger partial charge is 0.369 e. The van der Waals surface area contributed by atoms with Gasteiger partial charge in [-0.3, -0.25) is 4.79 Å². The summed E-state index contributed by atoms with van der Waals surface area (Å²) in [5, 5.41) is 4.22. The first-order valence-electron chi connectivity index (χ1n) is 6.93. The van der Waals surface area contributed by atoms with Crippen LogP contribution >= 0.6 is 11.3 Å². The maximum atomic E-state index is 11.5. The summed E-state index contributed by atoms with van der Waals surface area (Å²) in [4.78, 5) is 21.5. The van der Waals surface area contributed by atoms with Crippen LogP contribution < -0.4 is 11.1 Å². The van der Waals surface area contributed by atoms with Crippen molar-refractivity contribution in [3.05, 3.63) is 17.8 Å². The average molecular weight is 290 g/mol. The van der Waals surface area contributed by atoms with Gasteiger partial charge in [0.05, 0.1) is 5.92 Å². The molecule has 3 rings (SSSR count). The number of primary amides is 1. The van der Waals surface area contributed by atoms with Gasteiger partial charge in [0.2, 0.25) is 5.91 Å². The molecule has 2 aromatic heterocycles. The summed E-state index contributed by atoms with van der Waals surface area (Å²) in [5.41, 5.74) is 7.38. The zero-order chi connectivity index (χ0) is 14.1. The van der Waals surface area contributed by atoms with E-state index in [4.69, 9.17) is 5.73 Å². The van der Waals surface area contributed by atoms with E-state index in [1.165, 1.54) is 11.3 Å². The Morgan fingerprint density at radius 3 is 2.95 bits per heavy atom. The van der Waals surface area contributed by atoms with E-state index in [-0.39, 0.29) is 17.9 Å². The molecule has 2 aromatic rings. The second-order valence-electron chi connectivity index (χ2n) is 5.34. The molecule has 1 aliphatic rings. The number of nitrogens with zero attached hydrogens (tertiary/aromatic N) is 2. The fourth-order valence-electron chi connectivity index (χ4n) is 2.77. The molecule has 0 radical (unpaired) electrons. The van der Waals surface area contributed by atoms with Gasteiger partial charge in [0.25, 0.3) is 0 Å². The van der Waals surface area contributed by atoms with Crippen molar-refractivity contribution >= 4 is 32.7 Å². The molecule has 2 unspecified atom stereocenters. The first-order valence-corrected chi connectivity index (χ1v) is 7.75. The summed E-state index contributed by atoms with van der Waals surface area (Å²) in [5.74, 6) is -0.303. The number of hydrogen-bond donors (Lipinski definition) is 2. The van der Waals surface area contributed by atoms with Crippen LogP contribution in [0.5, 0.6) is 0 Å². The molecule has 1 amide bonds. The summed E-state index contributed by atoms with van der Waals surface area (Å²) in [7, 11) is 0. The highest BCUT2D eigenvalue weighted by Crippen LogP contribution is 2.30. The van der Waals surface area contributed by atoms with E-state index in [0.29, 0.717) is 0 Å². The highest BCUT2D eigenvalue weighted by atomic mass is 32.1. The Hall–Kier alpha value is -1.69. The second kappa shape index (κ2) is 5.36. The molecule has 1 saturated carbocycles. The van der Waals surface area contributed by atoms with Crippen LogP contribution in [0.15, 0.2) is 12.1 Å². The van der Waals surface area contributed by atoms with Crippen LogP contribution in [0.4, 0.5) is 5.13 Å². The summed E-state index contributed by atoms with van der Waals surface area (Å²) in [6, 6.07) is 4.03. The Bertz CT molecular complexity index is 639. The third-order valence-electron chi connectivity index (χ3n) is 3.84. The fourth-order valence-corrected chi connectivity index (χ4v) is 3.72. The zero-order valence-corrected chi connectivity index (χ0v) is 12.2. The lowest BCUT2D eigenvalue weighted by Crippen LogP contribution is -2.40. The van der Waals surface area contributed by atoms with Crippen molar-refractivity contribution in [3.8, 4) is 0 Å². The number of hydrogen-bond acceptors (Lipinski definition) is 5. The van der Waals surface area contributed by atoms with Crippen molar-refractivity contribution in [2.24, 2.45) is 11.7 Å². The van der Waals surface area contributed by atoms with Gasteiger partial charge in [-0.05, 0) is 31.9 Å². The van der Waals surface area contributed by atoms with Gasteiger partial charge in [0.15, 0.2) is 5.13 Å². The number of carbonyl (C=O) groups excluding carboxylic acids is 1. The van der Waals surface area contributed by atoms with Crippen LogP contribution in [0.2, 0.25) is 0 Å². The molecule has 20 heavy (non-hydrogen) atoms. The van der Waals surface area contributed by atoms with Crippen molar-refractivity contribution in [1.82, 2.24) is 9.97 Å². The molecule has 5 nitrogen and oxygen atoms in total. The molecule has 2 heterocycles. The Kier molecular flexibility index (Phi) is 3.56. The lowest BCUT2D eigenvalue weighted by molar-refractivity contribution is -0.122. The minimum Gasteiger partial charge on any atom is -0.369 e. The van der Waals surface area contributed by atoms with E-state index in [2.05, 4.69) is 15.3 Å². The number of pyridine rings is 1. The lowest BCUT2D eigenvalue weighted by Gasteiger charge is -2.29. The average Bonchev–Trinajstić information content (AvgIpc) is 2.80. The summed E-state index contributed by atoms with van der Waals surface area (Å²) in [6.45, 7) is 1.97. The summed E-state index contributed by atoms with van der Waals surface area (Å²) < 4.78 is 0. The molecule has 0 bridgehead atoms. The van der Waals surface area contributed by atoms with E-state index in [0.717, 1.165) is 46.9 Å². The molecule has 6 heteroatoms. The van der Waals surface area contributed by atoms with Gasteiger partial charge >= 0.3 is 0 Å². The minimum atomic E-state index is -0.211. The topological polar surface area (TPSA) is 80.9 Å². The Balaban J connectivity index is 1.82. The highest BCUT2D eigenvalue weighted by molar-refractivity contribution is 7.21. The van der Waals surface area contributed by atoms with E-state index < -0.39 is 0 Å². The number of nitrogens with one attached hydrogen (secondary N) is 1. The monoisotopic (exact) mass is 290 g/mol. The Labute approximate surface area is 121 Å². The van der Waals surface area contributed by atoms with Gasteiger partial charge in [-0.15, -0.1) is 0 Å². The molecule has 3 N–H and O–H groups in total. The standard InChI is InChI=1S/C14H18N4OS/c1-8-6-7-11-13(16-8)20-14(18-11)17-10-5-3-2-4-9(10)12(15)19/h6-7,9-10H,2-5H2,1H3,(H2,15,19)(H,17,18). The molecular weight excluding hydrogens is 272 g/mol. The first-order chi connectivity index (χ1) is 9.63. The lowest BCUT2D eigenvalue weighted by atomic mass is 9.84. The van der Waals surface area contributed by atoms with E-state index >= 15 is 0 Å². The van der Waals surface area contributed by atoms with Crippen molar-refractivity contribution in [1.29, 1.82) is 0 Å². The molecule has 0 saturated heterocycles. The van der Waals surface area contributed by atoms with E-state index in [9.17, 15) is 4.79 Å². The Morgan fingerprint density at radius 1 is 1.35 bits per heavy atom. The molecule has 0 aliphatic heterocycles. The molecule has 106 valence electrons. The summed E-state index contributed by atoms with van der Waals surface area (Å²) in [6.07, 6.45) is 4.04. The maximum Gasteiger partial charge on any atom is 0.222 e. The SMILES string of the molecule is Cc1ccc2nc(NC3CCCCC3C(N)=O)sc2n1. The third kappa shape index (κ3) is 2.60.